The van der Waals surface area contributed by atoms with Gasteiger partial charge in [0.2, 0.25) is 0 Å². The van der Waals surface area contributed by atoms with E-state index in [2.05, 4.69) is 43.4 Å². The third-order valence-corrected chi connectivity index (χ3v) is 2.78. The maximum Gasteiger partial charge on any atom is 0.302 e. The van der Waals surface area contributed by atoms with E-state index in [1.807, 2.05) is 0 Å². The van der Waals surface area contributed by atoms with Gasteiger partial charge in [0, 0.05) is 13.5 Å². The number of benzene rings is 1. The molecular formula is C15H23NO2. The Morgan fingerprint density at radius 2 is 1.94 bits per heavy atom. The molecular weight excluding hydrogens is 226 g/mol. The van der Waals surface area contributed by atoms with Gasteiger partial charge in [-0.1, -0.05) is 38.1 Å². The summed E-state index contributed by atoms with van der Waals surface area (Å²) < 4.78 is 4.86. The largest absolute Gasteiger partial charge is 0.466 e. The summed E-state index contributed by atoms with van der Waals surface area (Å²) >= 11 is 0. The van der Waals surface area contributed by atoms with Crippen molar-refractivity contribution in [2.75, 3.05) is 13.2 Å². The van der Waals surface area contributed by atoms with E-state index in [1.54, 1.807) is 0 Å². The summed E-state index contributed by atoms with van der Waals surface area (Å²) in [5.74, 6) is 0.370. The Labute approximate surface area is 110 Å². The summed E-state index contributed by atoms with van der Waals surface area (Å²) in [6.45, 7) is 8.04. The highest BCUT2D eigenvalue weighted by atomic mass is 16.5. The first-order valence-electron chi connectivity index (χ1n) is 6.52. The van der Waals surface area contributed by atoms with Crippen LogP contribution in [0.4, 0.5) is 0 Å². The number of hydrogen-bond donors (Lipinski definition) is 1. The van der Waals surface area contributed by atoms with E-state index < -0.39 is 0 Å². The molecule has 0 radical (unpaired) electrons. The minimum atomic E-state index is -0.209. The van der Waals surface area contributed by atoms with Gasteiger partial charge in [-0.3, -0.25) is 4.79 Å². The molecule has 18 heavy (non-hydrogen) atoms. The zero-order valence-corrected chi connectivity index (χ0v) is 11.5. The van der Waals surface area contributed by atoms with Gasteiger partial charge in [-0.25, -0.2) is 0 Å². The lowest BCUT2D eigenvalue weighted by Crippen LogP contribution is -2.16. The van der Waals surface area contributed by atoms with Gasteiger partial charge in [-0.05, 0) is 30.0 Å². The minimum absolute atomic E-state index is 0.209. The van der Waals surface area contributed by atoms with Crippen molar-refractivity contribution in [3.8, 4) is 0 Å². The van der Waals surface area contributed by atoms with E-state index >= 15 is 0 Å². The highest BCUT2D eigenvalue weighted by molar-refractivity contribution is 5.65. The number of carbonyl (C=O) groups excluding carboxylic acids is 1. The van der Waals surface area contributed by atoms with Crippen LogP contribution in [0.3, 0.4) is 0 Å². The van der Waals surface area contributed by atoms with Crippen LogP contribution in [0, 0.1) is 0 Å². The Kier molecular flexibility index (Phi) is 6.44. The van der Waals surface area contributed by atoms with Crippen molar-refractivity contribution in [1.29, 1.82) is 0 Å². The molecule has 0 atom stereocenters. The molecule has 1 aromatic rings. The summed E-state index contributed by atoms with van der Waals surface area (Å²) in [4.78, 5) is 10.5. The molecule has 1 N–H and O–H groups in total. The first-order chi connectivity index (χ1) is 8.59. The van der Waals surface area contributed by atoms with E-state index in [-0.39, 0.29) is 5.97 Å². The van der Waals surface area contributed by atoms with Crippen LogP contribution in [0.1, 0.15) is 44.2 Å². The van der Waals surface area contributed by atoms with Crippen LogP contribution in [0.2, 0.25) is 0 Å². The maximum atomic E-state index is 10.5. The summed E-state index contributed by atoms with van der Waals surface area (Å²) in [6.07, 6.45) is 0.851. The quantitative estimate of drug-likeness (QED) is 0.596. The number of rotatable bonds is 7. The summed E-state index contributed by atoms with van der Waals surface area (Å²) in [7, 11) is 0. The molecule has 0 saturated carbocycles. The van der Waals surface area contributed by atoms with Crippen molar-refractivity contribution in [3.05, 3.63) is 35.4 Å². The molecule has 0 aliphatic heterocycles. The molecule has 0 bridgehead atoms. The fourth-order valence-corrected chi connectivity index (χ4v) is 1.67. The molecule has 0 unspecified atom stereocenters. The predicted molar refractivity (Wildman–Crippen MR) is 73.5 cm³/mol. The standard InChI is InChI=1S/C15H23NO2/c1-12(2)15-7-5-14(6-8-15)11-16-9-4-10-18-13(3)17/h5-8,12,16H,4,9-11H2,1-3H3. The molecule has 1 aromatic carbocycles. The van der Waals surface area contributed by atoms with Crippen molar-refractivity contribution in [2.24, 2.45) is 0 Å². The SMILES string of the molecule is CC(=O)OCCCNCc1ccc(C(C)C)cc1. The summed E-state index contributed by atoms with van der Waals surface area (Å²) in [5.41, 5.74) is 2.65. The Hall–Kier alpha value is -1.35. The lowest BCUT2D eigenvalue weighted by atomic mass is 10.0. The molecule has 1 rings (SSSR count). The second-order valence-corrected chi connectivity index (χ2v) is 4.77. The molecule has 0 aromatic heterocycles. The maximum absolute atomic E-state index is 10.5. The predicted octanol–water partition coefficient (Wildman–Crippen LogP) is 2.85. The summed E-state index contributed by atoms with van der Waals surface area (Å²) in [5, 5.41) is 3.33. The van der Waals surface area contributed by atoms with Crippen LogP contribution >= 0.6 is 0 Å². The molecule has 0 aliphatic rings. The van der Waals surface area contributed by atoms with Crippen molar-refractivity contribution in [1.82, 2.24) is 5.32 Å². The Balaban J connectivity index is 2.17. The summed E-state index contributed by atoms with van der Waals surface area (Å²) in [6, 6.07) is 8.68. The van der Waals surface area contributed by atoms with Crippen molar-refractivity contribution in [2.45, 2.75) is 39.7 Å². The highest BCUT2D eigenvalue weighted by Crippen LogP contribution is 2.14. The van der Waals surface area contributed by atoms with Crippen LogP contribution in [0.5, 0.6) is 0 Å². The van der Waals surface area contributed by atoms with E-state index in [9.17, 15) is 4.79 Å². The minimum Gasteiger partial charge on any atom is -0.466 e. The van der Waals surface area contributed by atoms with E-state index in [0.717, 1.165) is 19.5 Å². The van der Waals surface area contributed by atoms with Gasteiger partial charge in [0.25, 0.3) is 0 Å². The van der Waals surface area contributed by atoms with E-state index in [0.29, 0.717) is 12.5 Å². The zero-order chi connectivity index (χ0) is 13.4. The molecule has 0 saturated heterocycles. The number of hydrogen-bond acceptors (Lipinski definition) is 3. The molecule has 0 heterocycles. The average molecular weight is 249 g/mol. The fourth-order valence-electron chi connectivity index (χ4n) is 1.67. The Bertz CT molecular complexity index is 357. The third kappa shape index (κ3) is 5.82. The molecule has 3 heteroatoms. The Morgan fingerprint density at radius 1 is 1.28 bits per heavy atom. The third-order valence-electron chi connectivity index (χ3n) is 2.78. The van der Waals surface area contributed by atoms with Crippen LogP contribution in [-0.4, -0.2) is 19.1 Å². The molecule has 100 valence electrons. The van der Waals surface area contributed by atoms with Crippen LogP contribution in [0.25, 0.3) is 0 Å². The first-order valence-corrected chi connectivity index (χ1v) is 6.52. The molecule has 3 nitrogen and oxygen atoms in total. The van der Waals surface area contributed by atoms with Crippen LogP contribution in [-0.2, 0) is 16.1 Å². The highest BCUT2D eigenvalue weighted by Gasteiger charge is 1.99. The number of esters is 1. The van der Waals surface area contributed by atoms with Gasteiger partial charge in [0.15, 0.2) is 0 Å². The molecule has 0 spiro atoms. The van der Waals surface area contributed by atoms with Gasteiger partial charge in [0.1, 0.15) is 0 Å². The second kappa shape index (κ2) is 7.88. The van der Waals surface area contributed by atoms with Gasteiger partial charge in [-0.2, -0.15) is 0 Å². The van der Waals surface area contributed by atoms with Crippen molar-refractivity contribution < 1.29 is 9.53 Å². The molecule has 0 fully saturated rings. The molecule has 0 amide bonds. The number of carbonyl (C=O) groups is 1. The van der Waals surface area contributed by atoms with Crippen LogP contribution < -0.4 is 5.32 Å². The monoisotopic (exact) mass is 249 g/mol. The van der Waals surface area contributed by atoms with Crippen molar-refractivity contribution in [3.63, 3.8) is 0 Å². The Morgan fingerprint density at radius 3 is 2.50 bits per heavy atom. The lowest BCUT2D eigenvalue weighted by Gasteiger charge is -2.08. The van der Waals surface area contributed by atoms with Gasteiger partial charge >= 0.3 is 5.97 Å². The van der Waals surface area contributed by atoms with E-state index in [1.165, 1.54) is 18.1 Å². The topological polar surface area (TPSA) is 38.3 Å². The second-order valence-electron chi connectivity index (χ2n) is 4.77. The molecule has 0 aliphatic carbocycles. The zero-order valence-electron chi connectivity index (χ0n) is 11.5. The van der Waals surface area contributed by atoms with Gasteiger partial charge in [0.05, 0.1) is 6.61 Å². The van der Waals surface area contributed by atoms with E-state index in [4.69, 9.17) is 4.74 Å². The fraction of sp³-hybridized carbons (Fsp3) is 0.533. The number of nitrogens with one attached hydrogen (secondary N) is 1. The van der Waals surface area contributed by atoms with Crippen molar-refractivity contribution >= 4 is 5.97 Å². The normalized spacial score (nSPS) is 10.7. The smallest absolute Gasteiger partial charge is 0.302 e. The van der Waals surface area contributed by atoms with Gasteiger partial charge in [-0.15, -0.1) is 0 Å². The lowest BCUT2D eigenvalue weighted by molar-refractivity contribution is -0.141. The van der Waals surface area contributed by atoms with Gasteiger partial charge < -0.3 is 10.1 Å². The first kappa shape index (κ1) is 14.7. The average Bonchev–Trinajstić information content (AvgIpc) is 2.34. The van der Waals surface area contributed by atoms with Crippen LogP contribution in [0.15, 0.2) is 24.3 Å². The number of ether oxygens (including phenoxy) is 1.